The summed E-state index contributed by atoms with van der Waals surface area (Å²) >= 11 is 0. The molecule has 3 aliphatic rings. The second kappa shape index (κ2) is 10.6. The number of fused-ring (bicyclic) bond motifs is 3. The van der Waals surface area contributed by atoms with Crippen LogP contribution in [0.1, 0.15) is 89.2 Å². The van der Waals surface area contributed by atoms with Crippen molar-refractivity contribution in [1.29, 1.82) is 0 Å². The first kappa shape index (κ1) is 27.3. The zero-order chi connectivity index (χ0) is 26.8. The van der Waals surface area contributed by atoms with Crippen molar-refractivity contribution in [2.75, 3.05) is 0 Å². The average molecular weight is 508 g/mol. The molecule has 0 bridgehead atoms. The van der Waals surface area contributed by atoms with Crippen molar-refractivity contribution in [3.05, 3.63) is 58.2 Å². The van der Waals surface area contributed by atoms with Gasteiger partial charge in [0.2, 0.25) is 0 Å². The van der Waals surface area contributed by atoms with E-state index in [4.69, 9.17) is 5.73 Å². The lowest BCUT2D eigenvalue weighted by Gasteiger charge is -2.56. The van der Waals surface area contributed by atoms with Crippen molar-refractivity contribution in [2.45, 2.75) is 90.4 Å². The smallest absolute Gasteiger partial charge is 0.315 e. The van der Waals surface area contributed by atoms with Crippen molar-refractivity contribution in [3.63, 3.8) is 0 Å². The Balaban J connectivity index is 1.93. The Morgan fingerprint density at radius 1 is 1.19 bits per heavy atom. The quantitative estimate of drug-likeness (QED) is 0.180. The van der Waals surface area contributed by atoms with Gasteiger partial charge in [-0.1, -0.05) is 57.0 Å². The normalized spacial score (nSPS) is 32.4. The van der Waals surface area contributed by atoms with Gasteiger partial charge in [0.25, 0.3) is 0 Å². The molecule has 0 saturated heterocycles. The standard InChI is InChI=1S/C32H39F2NO2/c1-4-7-25-23(14-19-37)11-12-26-28-13-15-31(3,32(33,34)16-17-35)30(28,2)21-27(29(25)26)24-10-5-8-22(20-24)9-6-18-36/h5,8,10,14,18-20,26-28H,4,6-7,9,11-13,15,21,35H2,1-3H3/b23-14-. The van der Waals surface area contributed by atoms with E-state index < -0.39 is 16.8 Å². The molecular formula is C32H39F2NO2. The van der Waals surface area contributed by atoms with Crippen LogP contribution in [0.3, 0.4) is 0 Å². The SMILES string of the molecule is CCCC1=C2C(c3cccc(CCC=O)c3)CC3(C)C(CCC3(C)C(F)(F)C#CN)C2CC/C1=C/C=O. The zero-order valence-corrected chi connectivity index (χ0v) is 22.3. The molecule has 5 unspecified atom stereocenters. The fourth-order valence-corrected chi connectivity index (χ4v) is 7.98. The van der Waals surface area contributed by atoms with Crippen LogP contribution in [0.25, 0.3) is 0 Å². The van der Waals surface area contributed by atoms with Crippen molar-refractivity contribution in [3.8, 4) is 12.0 Å². The van der Waals surface area contributed by atoms with Crippen LogP contribution < -0.4 is 5.73 Å². The Kier molecular flexibility index (Phi) is 7.79. The Labute approximate surface area is 220 Å². The molecule has 2 N–H and O–H groups in total. The van der Waals surface area contributed by atoms with Crippen LogP contribution in [-0.4, -0.2) is 18.5 Å². The highest BCUT2D eigenvalue weighted by molar-refractivity contribution is 5.69. The monoisotopic (exact) mass is 507 g/mol. The highest BCUT2D eigenvalue weighted by atomic mass is 19.3. The fourth-order valence-electron chi connectivity index (χ4n) is 7.98. The van der Waals surface area contributed by atoms with Gasteiger partial charge in [0.1, 0.15) is 12.6 Å². The highest BCUT2D eigenvalue weighted by Gasteiger charge is 2.69. The Morgan fingerprint density at radius 3 is 2.65 bits per heavy atom. The third-order valence-corrected chi connectivity index (χ3v) is 9.98. The largest absolute Gasteiger partial charge is 0.359 e. The van der Waals surface area contributed by atoms with Gasteiger partial charge in [-0.2, -0.15) is 8.78 Å². The van der Waals surface area contributed by atoms with E-state index in [9.17, 15) is 9.59 Å². The van der Waals surface area contributed by atoms with Gasteiger partial charge in [0, 0.05) is 23.8 Å². The first-order valence-electron chi connectivity index (χ1n) is 13.7. The number of nitrogens with two attached hydrogens (primary N) is 1. The molecule has 3 aliphatic carbocycles. The molecule has 1 aromatic rings. The van der Waals surface area contributed by atoms with E-state index in [-0.39, 0.29) is 17.8 Å². The van der Waals surface area contributed by atoms with Crippen LogP contribution >= 0.6 is 0 Å². The second-order valence-electron chi connectivity index (χ2n) is 11.6. The lowest BCUT2D eigenvalue weighted by molar-refractivity contribution is -0.140. The number of aryl methyl sites for hydroxylation is 1. The van der Waals surface area contributed by atoms with Gasteiger partial charge < -0.3 is 10.5 Å². The molecule has 0 radical (unpaired) electrons. The molecule has 0 aliphatic heterocycles. The van der Waals surface area contributed by atoms with Gasteiger partial charge in [0.05, 0.1) is 0 Å². The summed E-state index contributed by atoms with van der Waals surface area (Å²) in [6.45, 7) is 5.93. The summed E-state index contributed by atoms with van der Waals surface area (Å²) in [5.74, 6) is -0.828. The minimum absolute atomic E-state index is 0.0293. The van der Waals surface area contributed by atoms with E-state index in [1.807, 2.05) is 18.2 Å². The molecule has 0 spiro atoms. The summed E-state index contributed by atoms with van der Waals surface area (Å²) in [4.78, 5) is 22.6. The summed E-state index contributed by atoms with van der Waals surface area (Å²) in [7, 11) is 0. The predicted molar refractivity (Wildman–Crippen MR) is 143 cm³/mol. The molecule has 3 nitrogen and oxygen atoms in total. The van der Waals surface area contributed by atoms with E-state index in [2.05, 4.69) is 31.9 Å². The summed E-state index contributed by atoms with van der Waals surface area (Å²) in [5, 5.41) is 0. The van der Waals surface area contributed by atoms with Crippen molar-refractivity contribution in [1.82, 2.24) is 0 Å². The van der Waals surface area contributed by atoms with E-state index in [1.165, 1.54) is 11.1 Å². The van der Waals surface area contributed by atoms with Gasteiger partial charge in [-0.25, -0.2) is 0 Å². The van der Waals surface area contributed by atoms with Crippen molar-refractivity contribution in [2.24, 2.45) is 28.4 Å². The maximum absolute atomic E-state index is 15.7. The fraction of sp³-hybridized carbons (Fsp3) is 0.562. The molecule has 37 heavy (non-hydrogen) atoms. The van der Waals surface area contributed by atoms with E-state index >= 15 is 8.78 Å². The molecule has 198 valence electrons. The van der Waals surface area contributed by atoms with Gasteiger partial charge >= 0.3 is 5.92 Å². The van der Waals surface area contributed by atoms with Crippen LogP contribution in [0.5, 0.6) is 0 Å². The second-order valence-corrected chi connectivity index (χ2v) is 11.6. The van der Waals surface area contributed by atoms with E-state index in [0.29, 0.717) is 25.7 Å². The van der Waals surface area contributed by atoms with Gasteiger partial charge in [-0.3, -0.25) is 4.79 Å². The maximum atomic E-state index is 15.7. The Bertz CT molecular complexity index is 1170. The highest BCUT2D eigenvalue weighted by Crippen LogP contribution is 2.72. The summed E-state index contributed by atoms with van der Waals surface area (Å²) in [5.41, 5.74) is 9.31. The summed E-state index contributed by atoms with van der Waals surface area (Å²) in [6.07, 6.45) is 9.88. The Morgan fingerprint density at radius 2 is 1.97 bits per heavy atom. The number of alkyl halides is 2. The number of allylic oxidation sites excluding steroid dienone is 4. The molecule has 2 saturated carbocycles. The van der Waals surface area contributed by atoms with E-state index in [1.54, 1.807) is 13.0 Å². The topological polar surface area (TPSA) is 60.2 Å². The lowest BCUT2D eigenvalue weighted by atomic mass is 9.48. The van der Waals surface area contributed by atoms with E-state index in [0.717, 1.165) is 61.4 Å². The van der Waals surface area contributed by atoms with Crippen LogP contribution in [0.15, 0.2) is 47.1 Å². The van der Waals surface area contributed by atoms with Crippen LogP contribution in [0.4, 0.5) is 8.78 Å². The molecule has 4 rings (SSSR count). The molecule has 5 atom stereocenters. The van der Waals surface area contributed by atoms with Gasteiger partial charge in [0.15, 0.2) is 0 Å². The predicted octanol–water partition coefficient (Wildman–Crippen LogP) is 6.91. The first-order chi connectivity index (χ1) is 17.7. The number of carbonyl (C=O) groups is 2. The van der Waals surface area contributed by atoms with Gasteiger partial charge in [-0.05, 0) is 96.5 Å². The summed E-state index contributed by atoms with van der Waals surface area (Å²) < 4.78 is 31.4. The molecule has 0 amide bonds. The lowest BCUT2D eigenvalue weighted by Crippen LogP contribution is -2.53. The van der Waals surface area contributed by atoms with Crippen molar-refractivity contribution < 1.29 is 18.4 Å². The van der Waals surface area contributed by atoms with Crippen molar-refractivity contribution >= 4 is 12.6 Å². The number of carbonyl (C=O) groups excluding carboxylic acids is 2. The number of benzene rings is 1. The average Bonchev–Trinajstić information content (AvgIpc) is 3.16. The molecule has 0 aromatic heterocycles. The number of hydrogen-bond donors (Lipinski definition) is 1. The minimum atomic E-state index is -3.19. The number of halogens is 2. The molecule has 5 heteroatoms. The van der Waals surface area contributed by atoms with Crippen LogP contribution in [0, 0.1) is 34.6 Å². The minimum Gasteiger partial charge on any atom is -0.359 e. The third kappa shape index (κ3) is 4.47. The molecule has 2 fully saturated rings. The Hall–Kier alpha value is -2.74. The number of aldehydes is 2. The molecule has 1 aromatic carbocycles. The van der Waals surface area contributed by atoms with Crippen LogP contribution in [-0.2, 0) is 16.0 Å². The third-order valence-electron chi connectivity index (χ3n) is 9.98. The number of rotatable bonds is 8. The summed E-state index contributed by atoms with van der Waals surface area (Å²) in [6, 6.07) is 10.3. The zero-order valence-electron chi connectivity index (χ0n) is 22.3. The maximum Gasteiger partial charge on any atom is 0.315 e. The molecular weight excluding hydrogens is 468 g/mol. The number of hydrogen-bond acceptors (Lipinski definition) is 3. The first-order valence-corrected chi connectivity index (χ1v) is 13.7. The van der Waals surface area contributed by atoms with Crippen LogP contribution in [0.2, 0.25) is 0 Å². The van der Waals surface area contributed by atoms with Gasteiger partial charge in [-0.15, -0.1) is 0 Å². The molecule has 0 heterocycles.